The molecule has 1 amide bonds. The molecular formula is C13H23NO4. The molecule has 0 aromatic rings. The van der Waals surface area contributed by atoms with Crippen LogP contribution in [0.15, 0.2) is 0 Å². The van der Waals surface area contributed by atoms with Crippen molar-refractivity contribution >= 4 is 11.9 Å². The Kier molecular flexibility index (Phi) is 6.72. The van der Waals surface area contributed by atoms with Gasteiger partial charge in [0.15, 0.2) is 0 Å². The van der Waals surface area contributed by atoms with Gasteiger partial charge in [0, 0.05) is 26.2 Å². The number of carboxylic acid groups (broad SMARTS) is 1. The summed E-state index contributed by atoms with van der Waals surface area (Å²) in [5.41, 5.74) is 0. The number of amides is 1. The summed E-state index contributed by atoms with van der Waals surface area (Å²) >= 11 is 0. The number of hydrogen-bond donors (Lipinski definition) is 2. The third kappa shape index (κ3) is 5.49. The van der Waals surface area contributed by atoms with Gasteiger partial charge in [0.1, 0.15) is 0 Å². The van der Waals surface area contributed by atoms with Gasteiger partial charge in [-0.2, -0.15) is 0 Å². The first kappa shape index (κ1) is 15.0. The second kappa shape index (κ2) is 8.08. The van der Waals surface area contributed by atoms with Crippen LogP contribution >= 0.6 is 0 Å². The molecule has 2 N–H and O–H groups in total. The number of unbranched alkanes of at least 4 members (excludes halogenated alkanes) is 1. The lowest BCUT2D eigenvalue weighted by atomic mass is 9.86. The Bertz CT molecular complexity index is 272. The van der Waals surface area contributed by atoms with Gasteiger partial charge in [0.2, 0.25) is 5.91 Å². The van der Waals surface area contributed by atoms with Gasteiger partial charge in [-0.25, -0.2) is 0 Å². The Balaban J connectivity index is 2.12. The van der Waals surface area contributed by atoms with Crippen molar-refractivity contribution in [2.75, 3.05) is 13.7 Å². The van der Waals surface area contributed by atoms with E-state index in [2.05, 4.69) is 5.32 Å². The summed E-state index contributed by atoms with van der Waals surface area (Å²) in [6, 6.07) is 0.163. The molecule has 1 rings (SSSR count). The molecule has 104 valence electrons. The number of carbonyl (C=O) groups excluding carboxylic acids is 1. The Morgan fingerprint density at radius 1 is 1.22 bits per heavy atom. The predicted molar refractivity (Wildman–Crippen MR) is 67.3 cm³/mol. The number of hydrogen-bond acceptors (Lipinski definition) is 3. The molecule has 1 fully saturated rings. The lowest BCUT2D eigenvalue weighted by Gasteiger charge is -2.26. The standard InChI is InChI=1S/C13H23NO4/c1-18-9-3-2-4-12(15)14-11-7-5-10(6-8-11)13(16)17/h10-11H,2-9H2,1H3,(H,14,15)(H,16,17). The zero-order chi connectivity index (χ0) is 13.4. The maximum atomic E-state index is 11.6. The highest BCUT2D eigenvalue weighted by Gasteiger charge is 2.26. The molecule has 0 heterocycles. The Labute approximate surface area is 108 Å². The highest BCUT2D eigenvalue weighted by molar-refractivity contribution is 5.76. The van der Waals surface area contributed by atoms with E-state index in [1.165, 1.54) is 0 Å². The lowest BCUT2D eigenvalue weighted by Crippen LogP contribution is -2.38. The van der Waals surface area contributed by atoms with Gasteiger partial charge in [-0.1, -0.05) is 0 Å². The SMILES string of the molecule is COCCCCC(=O)NC1CCC(C(=O)O)CC1. The van der Waals surface area contributed by atoms with Crippen LogP contribution in [0.1, 0.15) is 44.9 Å². The number of nitrogens with one attached hydrogen (secondary N) is 1. The lowest BCUT2D eigenvalue weighted by molar-refractivity contribution is -0.142. The predicted octanol–water partition coefficient (Wildman–Crippen LogP) is 1.56. The average Bonchev–Trinajstić information content (AvgIpc) is 2.35. The average molecular weight is 257 g/mol. The van der Waals surface area contributed by atoms with Crippen LogP contribution in [0.5, 0.6) is 0 Å². The monoisotopic (exact) mass is 257 g/mol. The topological polar surface area (TPSA) is 75.6 Å². The highest BCUT2D eigenvalue weighted by Crippen LogP contribution is 2.24. The van der Waals surface area contributed by atoms with Crippen molar-refractivity contribution in [1.29, 1.82) is 0 Å². The van der Waals surface area contributed by atoms with Gasteiger partial charge in [-0.15, -0.1) is 0 Å². The van der Waals surface area contributed by atoms with Gasteiger partial charge in [0.05, 0.1) is 5.92 Å². The molecule has 0 atom stereocenters. The van der Waals surface area contributed by atoms with Crippen molar-refractivity contribution in [2.45, 2.75) is 51.0 Å². The van der Waals surface area contributed by atoms with E-state index < -0.39 is 5.97 Å². The summed E-state index contributed by atoms with van der Waals surface area (Å²) in [7, 11) is 1.65. The van der Waals surface area contributed by atoms with E-state index in [-0.39, 0.29) is 17.9 Å². The first-order chi connectivity index (χ1) is 8.63. The van der Waals surface area contributed by atoms with Crippen molar-refractivity contribution in [1.82, 2.24) is 5.32 Å². The normalized spacial score (nSPS) is 23.6. The van der Waals surface area contributed by atoms with Crippen molar-refractivity contribution in [2.24, 2.45) is 5.92 Å². The molecular weight excluding hydrogens is 234 g/mol. The third-order valence-corrected chi connectivity index (χ3v) is 3.44. The molecule has 18 heavy (non-hydrogen) atoms. The molecule has 1 aliphatic carbocycles. The molecule has 0 unspecified atom stereocenters. The van der Waals surface area contributed by atoms with E-state index >= 15 is 0 Å². The number of aliphatic carboxylic acids is 1. The molecule has 0 aromatic carbocycles. The summed E-state index contributed by atoms with van der Waals surface area (Å²) in [4.78, 5) is 22.4. The van der Waals surface area contributed by atoms with Gasteiger partial charge < -0.3 is 15.2 Å². The van der Waals surface area contributed by atoms with Crippen LogP contribution in [-0.2, 0) is 14.3 Å². The summed E-state index contributed by atoms with van der Waals surface area (Å²) in [6.07, 6.45) is 5.16. The minimum Gasteiger partial charge on any atom is -0.481 e. The molecule has 1 aliphatic rings. The van der Waals surface area contributed by atoms with Crippen LogP contribution in [0, 0.1) is 5.92 Å². The fourth-order valence-corrected chi connectivity index (χ4v) is 2.32. The maximum Gasteiger partial charge on any atom is 0.306 e. The summed E-state index contributed by atoms with van der Waals surface area (Å²) in [5.74, 6) is -0.857. The molecule has 5 heteroatoms. The van der Waals surface area contributed by atoms with Crippen molar-refractivity contribution in [3.05, 3.63) is 0 Å². The zero-order valence-electron chi connectivity index (χ0n) is 11.0. The van der Waals surface area contributed by atoms with Gasteiger partial charge in [-0.3, -0.25) is 9.59 Å². The fourth-order valence-electron chi connectivity index (χ4n) is 2.32. The van der Waals surface area contributed by atoms with Gasteiger partial charge >= 0.3 is 5.97 Å². The molecule has 0 aliphatic heterocycles. The van der Waals surface area contributed by atoms with Crippen LogP contribution in [0.2, 0.25) is 0 Å². The van der Waals surface area contributed by atoms with Crippen molar-refractivity contribution < 1.29 is 19.4 Å². The molecule has 1 saturated carbocycles. The number of carboxylic acids is 1. The molecule has 0 saturated heterocycles. The maximum absolute atomic E-state index is 11.6. The summed E-state index contributed by atoms with van der Waals surface area (Å²) < 4.78 is 4.92. The van der Waals surface area contributed by atoms with Gasteiger partial charge in [0.25, 0.3) is 0 Å². The van der Waals surface area contributed by atoms with Crippen LogP contribution < -0.4 is 5.32 Å². The van der Waals surface area contributed by atoms with E-state index in [4.69, 9.17) is 9.84 Å². The number of methoxy groups -OCH3 is 1. The van der Waals surface area contributed by atoms with Crippen LogP contribution in [0.25, 0.3) is 0 Å². The van der Waals surface area contributed by atoms with E-state index in [1.807, 2.05) is 0 Å². The van der Waals surface area contributed by atoms with Crippen LogP contribution in [-0.4, -0.2) is 36.7 Å². The third-order valence-electron chi connectivity index (χ3n) is 3.44. The quantitative estimate of drug-likeness (QED) is 0.679. The van der Waals surface area contributed by atoms with E-state index in [0.29, 0.717) is 25.9 Å². The Morgan fingerprint density at radius 3 is 2.44 bits per heavy atom. The second-order valence-electron chi connectivity index (χ2n) is 4.90. The fraction of sp³-hybridized carbons (Fsp3) is 0.846. The first-order valence-electron chi connectivity index (χ1n) is 6.64. The molecule has 0 spiro atoms. The van der Waals surface area contributed by atoms with Crippen LogP contribution in [0.3, 0.4) is 0 Å². The molecule has 0 bridgehead atoms. The van der Waals surface area contributed by atoms with Crippen LogP contribution in [0.4, 0.5) is 0 Å². The number of carbonyl (C=O) groups is 2. The Morgan fingerprint density at radius 2 is 1.89 bits per heavy atom. The minimum atomic E-state index is -0.709. The van der Waals surface area contributed by atoms with E-state index in [0.717, 1.165) is 25.7 Å². The first-order valence-corrected chi connectivity index (χ1v) is 6.64. The smallest absolute Gasteiger partial charge is 0.306 e. The highest BCUT2D eigenvalue weighted by atomic mass is 16.5. The van der Waals surface area contributed by atoms with Crippen molar-refractivity contribution in [3.63, 3.8) is 0 Å². The van der Waals surface area contributed by atoms with E-state index in [9.17, 15) is 9.59 Å². The zero-order valence-corrected chi connectivity index (χ0v) is 11.0. The summed E-state index contributed by atoms with van der Waals surface area (Å²) in [5, 5.41) is 11.9. The Hall–Kier alpha value is -1.10. The van der Waals surface area contributed by atoms with Gasteiger partial charge in [-0.05, 0) is 38.5 Å². The molecule has 5 nitrogen and oxygen atoms in total. The minimum absolute atomic E-state index is 0.0740. The van der Waals surface area contributed by atoms with Crippen molar-refractivity contribution in [3.8, 4) is 0 Å². The van der Waals surface area contributed by atoms with E-state index in [1.54, 1.807) is 7.11 Å². The largest absolute Gasteiger partial charge is 0.481 e. The number of rotatable bonds is 7. The second-order valence-corrected chi connectivity index (χ2v) is 4.90. The number of ether oxygens (including phenoxy) is 1. The molecule has 0 aromatic heterocycles. The molecule has 0 radical (unpaired) electrons. The summed E-state index contributed by atoms with van der Waals surface area (Å²) in [6.45, 7) is 0.691.